The molecule has 8 heteroatoms. The van der Waals surface area contributed by atoms with E-state index in [0.717, 1.165) is 44.7 Å². The van der Waals surface area contributed by atoms with E-state index in [1.807, 2.05) is 25.1 Å². The van der Waals surface area contributed by atoms with Crippen molar-refractivity contribution in [3.8, 4) is 0 Å². The molecule has 0 bridgehead atoms. The number of amides is 1. The molecule has 1 saturated heterocycles. The number of carbonyl (C=O) groups is 1. The number of nitrogens with one attached hydrogen (secondary N) is 1. The average Bonchev–Trinajstić information content (AvgIpc) is 2.77. The van der Waals surface area contributed by atoms with E-state index >= 15 is 0 Å². The van der Waals surface area contributed by atoms with Gasteiger partial charge in [0.2, 0.25) is 15.9 Å². The second-order valence-electron chi connectivity index (χ2n) is 7.74. The summed E-state index contributed by atoms with van der Waals surface area (Å²) < 4.78 is 31.5. The highest BCUT2D eigenvalue weighted by Crippen LogP contribution is 2.22. The van der Waals surface area contributed by atoms with Gasteiger partial charge in [0, 0.05) is 26.2 Å². The third-order valence-electron chi connectivity index (χ3n) is 5.34. The first-order valence-electron chi connectivity index (χ1n) is 10.6. The minimum Gasteiger partial charge on any atom is -0.379 e. The number of nitrogens with zero attached hydrogens (tertiary/aromatic N) is 2. The minimum atomic E-state index is -3.62. The molecule has 1 atom stereocenters. The molecule has 1 aliphatic heterocycles. The summed E-state index contributed by atoms with van der Waals surface area (Å²) in [5, 5.41) is 2.90. The van der Waals surface area contributed by atoms with Crippen molar-refractivity contribution in [1.82, 2.24) is 10.2 Å². The molecule has 1 heterocycles. The number of carbonyl (C=O) groups excluding carboxylic acids is 1. The molecule has 7 nitrogen and oxygen atoms in total. The third kappa shape index (κ3) is 6.53. The Hall–Kier alpha value is -2.42. The molecule has 0 unspecified atom stereocenters. The predicted octanol–water partition coefficient (Wildman–Crippen LogP) is 2.38. The fraction of sp³-hybridized carbons (Fsp3) is 0.435. The first-order valence-corrected chi connectivity index (χ1v) is 12.4. The zero-order chi connectivity index (χ0) is 22.3. The van der Waals surface area contributed by atoms with Gasteiger partial charge in [0.15, 0.2) is 0 Å². The fourth-order valence-corrected chi connectivity index (χ4v) is 4.93. The van der Waals surface area contributed by atoms with E-state index in [4.69, 9.17) is 4.74 Å². The molecule has 2 aromatic rings. The van der Waals surface area contributed by atoms with Crippen molar-refractivity contribution in [3.63, 3.8) is 0 Å². The van der Waals surface area contributed by atoms with Gasteiger partial charge in [-0.25, -0.2) is 8.42 Å². The molecule has 0 spiro atoms. The summed E-state index contributed by atoms with van der Waals surface area (Å²) in [6.07, 6.45) is 1.50. The highest BCUT2D eigenvalue weighted by atomic mass is 32.2. The number of morpholine rings is 1. The smallest absolute Gasteiger partial charge is 0.244 e. The Balaban J connectivity index is 1.62. The van der Waals surface area contributed by atoms with E-state index in [0.29, 0.717) is 18.7 Å². The molecule has 2 aromatic carbocycles. The van der Waals surface area contributed by atoms with Gasteiger partial charge in [0.1, 0.15) is 6.04 Å². The minimum absolute atomic E-state index is 0.311. The monoisotopic (exact) mass is 445 g/mol. The molecule has 3 rings (SSSR count). The number of para-hydroxylation sites is 1. The first kappa shape index (κ1) is 23.2. The van der Waals surface area contributed by atoms with Crippen LogP contribution in [0.15, 0.2) is 54.6 Å². The highest BCUT2D eigenvalue weighted by Gasteiger charge is 2.31. The van der Waals surface area contributed by atoms with E-state index < -0.39 is 16.1 Å². The van der Waals surface area contributed by atoms with Crippen molar-refractivity contribution in [2.24, 2.45) is 0 Å². The molecule has 31 heavy (non-hydrogen) atoms. The zero-order valence-corrected chi connectivity index (χ0v) is 19.0. The molecular weight excluding hydrogens is 414 g/mol. The van der Waals surface area contributed by atoms with Crippen LogP contribution in [0.1, 0.15) is 24.5 Å². The van der Waals surface area contributed by atoms with Crippen LogP contribution < -0.4 is 9.62 Å². The maximum atomic E-state index is 12.9. The van der Waals surface area contributed by atoms with Gasteiger partial charge in [0.05, 0.1) is 25.2 Å². The van der Waals surface area contributed by atoms with Crippen molar-refractivity contribution < 1.29 is 17.9 Å². The number of anilines is 1. The summed E-state index contributed by atoms with van der Waals surface area (Å²) in [6, 6.07) is 16.1. The van der Waals surface area contributed by atoms with Crippen LogP contribution in [-0.4, -0.2) is 57.8 Å². The molecule has 1 amide bonds. The van der Waals surface area contributed by atoms with Gasteiger partial charge in [-0.15, -0.1) is 0 Å². The first-order chi connectivity index (χ1) is 14.9. The Bertz CT molecular complexity index is 943. The van der Waals surface area contributed by atoms with Crippen LogP contribution in [0.3, 0.4) is 0 Å². The topological polar surface area (TPSA) is 79.0 Å². The van der Waals surface area contributed by atoms with Crippen molar-refractivity contribution in [2.45, 2.75) is 32.5 Å². The Morgan fingerprint density at radius 3 is 2.26 bits per heavy atom. The molecule has 1 N–H and O–H groups in total. The van der Waals surface area contributed by atoms with E-state index in [1.54, 1.807) is 24.3 Å². The van der Waals surface area contributed by atoms with Gasteiger partial charge >= 0.3 is 0 Å². The Morgan fingerprint density at radius 2 is 1.68 bits per heavy atom. The summed E-state index contributed by atoms with van der Waals surface area (Å²) in [6.45, 7) is 6.47. The zero-order valence-electron chi connectivity index (χ0n) is 18.2. The average molecular weight is 446 g/mol. The SMILES string of the molecule is CC[C@@H](C(=O)NCc1ccc(CN2CCOCC2)cc1)N(c1ccccc1)S(C)(=O)=O. The maximum absolute atomic E-state index is 12.9. The predicted molar refractivity (Wildman–Crippen MR) is 122 cm³/mol. The Kier molecular flexibility index (Phi) is 8.06. The van der Waals surface area contributed by atoms with Crippen molar-refractivity contribution in [3.05, 3.63) is 65.7 Å². The molecule has 1 fully saturated rings. The lowest BCUT2D eigenvalue weighted by Crippen LogP contribution is -2.49. The largest absolute Gasteiger partial charge is 0.379 e. The lowest BCUT2D eigenvalue weighted by Gasteiger charge is -2.30. The van der Waals surface area contributed by atoms with E-state index in [2.05, 4.69) is 22.3 Å². The Morgan fingerprint density at radius 1 is 1.06 bits per heavy atom. The number of hydrogen-bond acceptors (Lipinski definition) is 5. The standard InChI is InChI=1S/C23H31N3O4S/c1-3-22(26(31(2,28)29)21-7-5-4-6-8-21)23(27)24-17-19-9-11-20(12-10-19)18-25-13-15-30-16-14-25/h4-12,22H,3,13-18H2,1-2H3,(H,24,27)/t22-/m0/s1. The van der Waals surface area contributed by atoms with Gasteiger partial charge in [-0.3, -0.25) is 14.0 Å². The second-order valence-corrected chi connectivity index (χ2v) is 9.60. The molecule has 0 radical (unpaired) electrons. The normalized spacial score (nSPS) is 15.9. The second kappa shape index (κ2) is 10.7. The maximum Gasteiger partial charge on any atom is 0.244 e. The van der Waals surface area contributed by atoms with E-state index in [-0.39, 0.29) is 5.91 Å². The summed E-state index contributed by atoms with van der Waals surface area (Å²) in [5.41, 5.74) is 2.68. The van der Waals surface area contributed by atoms with Gasteiger partial charge in [0.25, 0.3) is 0 Å². The van der Waals surface area contributed by atoms with Crippen molar-refractivity contribution in [2.75, 3.05) is 36.9 Å². The van der Waals surface area contributed by atoms with Crippen LogP contribution in [0.4, 0.5) is 5.69 Å². The van der Waals surface area contributed by atoms with Crippen LogP contribution in [0.5, 0.6) is 0 Å². The number of sulfonamides is 1. The molecule has 168 valence electrons. The quantitative estimate of drug-likeness (QED) is 0.641. The lowest BCUT2D eigenvalue weighted by atomic mass is 10.1. The Labute approximate surface area is 185 Å². The van der Waals surface area contributed by atoms with E-state index in [1.165, 1.54) is 9.87 Å². The number of rotatable bonds is 9. The van der Waals surface area contributed by atoms with Crippen LogP contribution in [0, 0.1) is 0 Å². The van der Waals surface area contributed by atoms with Gasteiger partial charge < -0.3 is 10.1 Å². The number of benzene rings is 2. The third-order valence-corrected chi connectivity index (χ3v) is 6.52. The van der Waals surface area contributed by atoms with Gasteiger partial charge in [-0.05, 0) is 29.7 Å². The van der Waals surface area contributed by atoms with Gasteiger partial charge in [-0.2, -0.15) is 0 Å². The van der Waals surface area contributed by atoms with Crippen molar-refractivity contribution in [1.29, 1.82) is 0 Å². The van der Waals surface area contributed by atoms with Crippen LogP contribution in [0.25, 0.3) is 0 Å². The van der Waals surface area contributed by atoms with E-state index in [9.17, 15) is 13.2 Å². The van der Waals surface area contributed by atoms with Crippen LogP contribution >= 0.6 is 0 Å². The lowest BCUT2D eigenvalue weighted by molar-refractivity contribution is -0.122. The highest BCUT2D eigenvalue weighted by molar-refractivity contribution is 7.92. The molecule has 1 aliphatic rings. The van der Waals surface area contributed by atoms with Gasteiger partial charge in [-0.1, -0.05) is 49.4 Å². The molecule has 0 aromatic heterocycles. The summed E-state index contributed by atoms with van der Waals surface area (Å²) in [4.78, 5) is 15.3. The molecule has 0 saturated carbocycles. The van der Waals surface area contributed by atoms with Crippen molar-refractivity contribution >= 4 is 21.6 Å². The summed E-state index contributed by atoms with van der Waals surface area (Å²) in [5.74, 6) is -0.311. The number of ether oxygens (including phenoxy) is 1. The summed E-state index contributed by atoms with van der Waals surface area (Å²) in [7, 11) is -3.62. The molecule has 0 aliphatic carbocycles. The number of hydrogen-bond donors (Lipinski definition) is 1. The van der Waals surface area contributed by atoms with Crippen LogP contribution in [0.2, 0.25) is 0 Å². The summed E-state index contributed by atoms with van der Waals surface area (Å²) >= 11 is 0. The van der Waals surface area contributed by atoms with Crippen LogP contribution in [-0.2, 0) is 32.6 Å². The fourth-order valence-electron chi connectivity index (χ4n) is 3.72. The molecular formula is C23H31N3O4S.